The third-order valence-electron chi connectivity index (χ3n) is 4.00. The van der Waals surface area contributed by atoms with Gasteiger partial charge in [-0.15, -0.1) is 0 Å². The summed E-state index contributed by atoms with van der Waals surface area (Å²) in [6.07, 6.45) is 1.36. The summed E-state index contributed by atoms with van der Waals surface area (Å²) >= 11 is 0. The predicted molar refractivity (Wildman–Crippen MR) is 74.1 cm³/mol. The van der Waals surface area contributed by atoms with E-state index in [4.69, 9.17) is 5.11 Å². The van der Waals surface area contributed by atoms with E-state index in [0.29, 0.717) is 25.9 Å². The van der Waals surface area contributed by atoms with Gasteiger partial charge in [0.25, 0.3) is 0 Å². The number of hydrogen-bond acceptors (Lipinski definition) is 3. The highest BCUT2D eigenvalue weighted by Crippen LogP contribution is 2.33. The number of aliphatic hydroxyl groups is 1. The van der Waals surface area contributed by atoms with Gasteiger partial charge in [-0.25, -0.2) is 17.2 Å². The van der Waals surface area contributed by atoms with Crippen LogP contribution in [0.25, 0.3) is 0 Å². The van der Waals surface area contributed by atoms with Gasteiger partial charge in [-0.1, -0.05) is 13.8 Å². The van der Waals surface area contributed by atoms with Gasteiger partial charge in [-0.3, -0.25) is 0 Å². The lowest BCUT2D eigenvalue weighted by molar-refractivity contribution is 0.195. The molecule has 1 aromatic rings. The van der Waals surface area contributed by atoms with E-state index in [2.05, 4.69) is 13.8 Å². The van der Waals surface area contributed by atoms with Crippen molar-refractivity contribution in [2.24, 2.45) is 5.41 Å². The van der Waals surface area contributed by atoms with Crippen molar-refractivity contribution in [3.05, 3.63) is 29.3 Å². The maximum absolute atomic E-state index is 14.1. The third-order valence-corrected chi connectivity index (χ3v) is 5.92. The maximum Gasteiger partial charge on any atom is 0.245 e. The lowest BCUT2D eigenvalue weighted by Gasteiger charge is -2.36. The van der Waals surface area contributed by atoms with Crippen LogP contribution in [0.2, 0.25) is 0 Å². The second-order valence-electron chi connectivity index (χ2n) is 6.06. The fourth-order valence-electron chi connectivity index (χ4n) is 2.39. The molecule has 0 atom stereocenters. The van der Waals surface area contributed by atoms with Crippen LogP contribution in [0.5, 0.6) is 0 Å². The van der Waals surface area contributed by atoms with Gasteiger partial charge in [0.05, 0.1) is 12.2 Å². The van der Waals surface area contributed by atoms with Crippen molar-refractivity contribution in [3.8, 4) is 0 Å². The highest BCUT2D eigenvalue weighted by Gasteiger charge is 2.34. The van der Waals surface area contributed by atoms with Crippen molar-refractivity contribution < 1.29 is 22.3 Å². The first-order valence-corrected chi connectivity index (χ1v) is 8.21. The van der Waals surface area contributed by atoms with Crippen LogP contribution in [-0.4, -0.2) is 30.9 Å². The molecule has 1 saturated heterocycles. The molecule has 0 saturated carbocycles. The number of benzene rings is 1. The summed E-state index contributed by atoms with van der Waals surface area (Å²) in [6, 6.07) is 1.79. The monoisotopic (exact) mass is 319 g/mol. The Balaban J connectivity index is 2.37. The molecule has 7 heteroatoms. The van der Waals surface area contributed by atoms with Crippen LogP contribution in [0.3, 0.4) is 0 Å². The van der Waals surface area contributed by atoms with Gasteiger partial charge in [0.1, 0.15) is 10.7 Å². The van der Waals surface area contributed by atoms with Crippen LogP contribution >= 0.6 is 0 Å². The van der Waals surface area contributed by atoms with E-state index in [1.807, 2.05) is 0 Å². The smallest absolute Gasteiger partial charge is 0.245 e. The van der Waals surface area contributed by atoms with Gasteiger partial charge in [-0.05, 0) is 30.4 Å². The lowest BCUT2D eigenvalue weighted by Crippen LogP contribution is -2.41. The van der Waals surface area contributed by atoms with E-state index >= 15 is 0 Å². The van der Waals surface area contributed by atoms with Crippen molar-refractivity contribution in [1.82, 2.24) is 4.31 Å². The molecule has 21 heavy (non-hydrogen) atoms. The molecule has 1 aliphatic heterocycles. The minimum absolute atomic E-state index is 0.0591. The Morgan fingerprint density at radius 2 is 1.81 bits per heavy atom. The predicted octanol–water partition coefficient (Wildman–Crippen LogP) is 2.27. The molecule has 1 aromatic carbocycles. The van der Waals surface area contributed by atoms with Crippen LogP contribution in [-0.2, 0) is 16.6 Å². The standard InChI is InChI=1S/C14H19F2NO3S/c1-14(2)5-7-17(8-6-14)21(19,20)12-4-3-11(15)10(9-18)13(12)16/h3-4,18H,5-9H2,1-2H3. The van der Waals surface area contributed by atoms with Gasteiger partial charge in [0.2, 0.25) is 10.0 Å². The third kappa shape index (κ3) is 3.09. The van der Waals surface area contributed by atoms with E-state index in [9.17, 15) is 17.2 Å². The van der Waals surface area contributed by atoms with Gasteiger partial charge in [0.15, 0.2) is 5.82 Å². The summed E-state index contributed by atoms with van der Waals surface area (Å²) in [7, 11) is -4.01. The highest BCUT2D eigenvalue weighted by molar-refractivity contribution is 7.89. The van der Waals surface area contributed by atoms with Crippen LogP contribution in [0.4, 0.5) is 8.78 Å². The Morgan fingerprint density at radius 3 is 2.33 bits per heavy atom. The molecule has 1 heterocycles. The van der Waals surface area contributed by atoms with E-state index in [1.165, 1.54) is 4.31 Å². The summed E-state index contributed by atoms with van der Waals surface area (Å²) in [4.78, 5) is -0.576. The number of hydrogen-bond donors (Lipinski definition) is 1. The Kier molecular flexibility index (Phi) is 4.37. The second-order valence-corrected chi connectivity index (χ2v) is 7.97. The summed E-state index contributed by atoms with van der Waals surface area (Å²) in [6.45, 7) is 3.84. The number of aliphatic hydroxyl groups excluding tert-OH is 1. The number of nitrogens with zero attached hydrogens (tertiary/aromatic N) is 1. The Bertz CT molecular complexity index is 634. The second kappa shape index (κ2) is 5.62. The molecule has 0 amide bonds. The van der Waals surface area contributed by atoms with Gasteiger partial charge >= 0.3 is 0 Å². The zero-order chi connectivity index (χ0) is 15.8. The molecule has 2 rings (SSSR count). The molecule has 4 nitrogen and oxygen atoms in total. The fraction of sp³-hybridized carbons (Fsp3) is 0.571. The van der Waals surface area contributed by atoms with Crippen molar-refractivity contribution in [1.29, 1.82) is 0 Å². The SMILES string of the molecule is CC1(C)CCN(S(=O)(=O)c2ccc(F)c(CO)c2F)CC1. The van der Waals surface area contributed by atoms with Gasteiger partial charge < -0.3 is 5.11 Å². The van der Waals surface area contributed by atoms with Gasteiger partial charge in [-0.2, -0.15) is 4.31 Å². The first kappa shape index (κ1) is 16.3. The zero-order valence-electron chi connectivity index (χ0n) is 12.1. The molecule has 118 valence electrons. The summed E-state index contributed by atoms with van der Waals surface area (Å²) in [5.74, 6) is -2.16. The van der Waals surface area contributed by atoms with Crippen LogP contribution < -0.4 is 0 Å². The molecular weight excluding hydrogens is 300 g/mol. The molecule has 1 fully saturated rings. The first-order valence-electron chi connectivity index (χ1n) is 6.77. The summed E-state index contributed by atoms with van der Waals surface area (Å²) < 4.78 is 53.7. The van der Waals surface area contributed by atoms with Crippen molar-refractivity contribution >= 4 is 10.0 Å². The van der Waals surface area contributed by atoms with Crippen LogP contribution in [0.1, 0.15) is 32.3 Å². The highest BCUT2D eigenvalue weighted by atomic mass is 32.2. The Morgan fingerprint density at radius 1 is 1.24 bits per heavy atom. The topological polar surface area (TPSA) is 57.6 Å². The molecule has 1 N–H and O–H groups in total. The maximum atomic E-state index is 14.1. The molecule has 0 bridgehead atoms. The number of piperidine rings is 1. The Labute approximate surface area is 123 Å². The molecule has 0 aliphatic carbocycles. The minimum atomic E-state index is -4.01. The fourth-order valence-corrected chi connectivity index (χ4v) is 3.92. The van der Waals surface area contributed by atoms with Crippen LogP contribution in [0, 0.1) is 17.0 Å². The van der Waals surface area contributed by atoms with Crippen molar-refractivity contribution in [3.63, 3.8) is 0 Å². The average molecular weight is 319 g/mol. The average Bonchev–Trinajstić information content (AvgIpc) is 2.38. The largest absolute Gasteiger partial charge is 0.391 e. The zero-order valence-corrected chi connectivity index (χ0v) is 12.9. The van der Waals surface area contributed by atoms with E-state index in [-0.39, 0.29) is 5.41 Å². The molecule has 0 radical (unpaired) electrons. The summed E-state index contributed by atoms with van der Waals surface area (Å²) in [5, 5.41) is 8.98. The van der Waals surface area contributed by atoms with Crippen molar-refractivity contribution in [2.75, 3.05) is 13.1 Å². The molecular formula is C14H19F2NO3S. The van der Waals surface area contributed by atoms with Gasteiger partial charge in [0, 0.05) is 13.1 Å². The quantitative estimate of drug-likeness (QED) is 0.930. The van der Waals surface area contributed by atoms with Crippen LogP contribution in [0.15, 0.2) is 17.0 Å². The normalized spacial score (nSPS) is 19.7. The van der Waals surface area contributed by atoms with E-state index in [1.54, 1.807) is 0 Å². The van der Waals surface area contributed by atoms with Crippen molar-refractivity contribution in [2.45, 2.75) is 38.2 Å². The van der Waals surface area contributed by atoms with E-state index in [0.717, 1.165) is 12.1 Å². The van der Waals surface area contributed by atoms with E-state index < -0.39 is 38.7 Å². The first-order chi connectivity index (χ1) is 9.69. The Hall–Kier alpha value is -1.05. The summed E-state index contributed by atoms with van der Waals surface area (Å²) in [5.41, 5.74) is -0.558. The number of halogens is 2. The lowest BCUT2D eigenvalue weighted by atomic mass is 9.83. The minimum Gasteiger partial charge on any atom is -0.391 e. The molecule has 1 aliphatic rings. The number of sulfonamides is 1. The number of rotatable bonds is 3. The molecule has 0 aromatic heterocycles. The molecule has 0 spiro atoms. The molecule has 0 unspecified atom stereocenters.